The monoisotopic (exact) mass is 446 g/mol. The maximum Gasteiger partial charge on any atom is 0.247 e. The van der Waals surface area contributed by atoms with E-state index in [1.54, 1.807) is 6.07 Å². The minimum atomic E-state index is -1.05. The van der Waals surface area contributed by atoms with Crippen LogP contribution in [0.15, 0.2) is 41.1 Å². The highest BCUT2D eigenvalue weighted by Crippen LogP contribution is 2.41. The number of rotatable bonds is 3. The van der Waals surface area contributed by atoms with Crippen molar-refractivity contribution in [3.05, 3.63) is 48.1 Å². The van der Waals surface area contributed by atoms with E-state index >= 15 is 0 Å². The van der Waals surface area contributed by atoms with E-state index < -0.39 is 18.1 Å². The molecule has 4 atom stereocenters. The Labute approximate surface area is 188 Å². The van der Waals surface area contributed by atoms with Gasteiger partial charge < -0.3 is 31.0 Å². The zero-order valence-electron chi connectivity index (χ0n) is 17.5. The lowest BCUT2D eigenvalue weighted by Gasteiger charge is -2.28. The normalized spacial score (nSPS) is 24.5. The van der Waals surface area contributed by atoms with Crippen molar-refractivity contribution in [1.29, 1.82) is 0 Å². The number of nitrogens with two attached hydrogens (primary N) is 2. The molecule has 1 aromatic carbocycles. The summed E-state index contributed by atoms with van der Waals surface area (Å²) >= 11 is 0. The molecular weight excluding hydrogens is 424 g/mol. The molecule has 6 rings (SSSR count). The van der Waals surface area contributed by atoms with Gasteiger partial charge in [-0.1, -0.05) is 6.07 Å². The van der Waals surface area contributed by atoms with Gasteiger partial charge in [0.25, 0.3) is 0 Å². The highest BCUT2D eigenvalue weighted by molar-refractivity contribution is 5.84. The third-order valence-electron chi connectivity index (χ3n) is 6.60. The Morgan fingerprint density at radius 2 is 1.88 bits per heavy atom. The first-order valence-corrected chi connectivity index (χ1v) is 10.7. The highest BCUT2D eigenvalue weighted by atomic mass is 16.4. The quantitative estimate of drug-likeness (QED) is 0.352. The maximum absolute atomic E-state index is 10.8. The van der Waals surface area contributed by atoms with Crippen LogP contribution in [0.25, 0.3) is 22.4 Å². The first kappa shape index (κ1) is 19.8. The fourth-order valence-electron chi connectivity index (χ4n) is 4.89. The number of aromatic nitrogens is 5. The SMILES string of the molecule is Nc1ccc2ccc(-c3nnc([C@H]4C[C@@H](N5CCc6c(N)ncnc65)[C@H](O)[C@@H]4O)o3)cc2n1. The van der Waals surface area contributed by atoms with Crippen LogP contribution in [0.5, 0.6) is 0 Å². The number of pyridine rings is 1. The Balaban J connectivity index is 1.28. The Hall–Kier alpha value is -3.83. The number of aliphatic hydroxyl groups is 2. The van der Waals surface area contributed by atoms with Gasteiger partial charge in [0.2, 0.25) is 11.8 Å². The molecule has 0 saturated heterocycles. The van der Waals surface area contributed by atoms with Crippen molar-refractivity contribution >= 4 is 28.4 Å². The zero-order chi connectivity index (χ0) is 22.7. The molecule has 168 valence electrons. The summed E-state index contributed by atoms with van der Waals surface area (Å²) in [7, 11) is 0. The Morgan fingerprint density at radius 1 is 1.03 bits per heavy atom. The van der Waals surface area contributed by atoms with Gasteiger partial charge in [-0.2, -0.15) is 0 Å². The molecule has 33 heavy (non-hydrogen) atoms. The van der Waals surface area contributed by atoms with Crippen molar-refractivity contribution in [1.82, 2.24) is 25.1 Å². The second kappa shape index (κ2) is 7.36. The standard InChI is InChI=1S/C22H22N8O3/c23-16-4-3-10-1-2-11(7-14(10)27-16)21-28-29-22(33-21)13-8-15(18(32)17(13)31)30-6-5-12-19(24)25-9-26-20(12)30/h1-4,7,9,13,15,17-18,31-32H,5-6,8H2,(H2,23,27)(H2,24,25,26)/t13-,15+,17+,18-/m0/s1. The van der Waals surface area contributed by atoms with Gasteiger partial charge in [-0.15, -0.1) is 10.2 Å². The van der Waals surface area contributed by atoms with E-state index in [1.165, 1.54) is 6.33 Å². The number of benzene rings is 1. The number of hydrogen-bond donors (Lipinski definition) is 4. The van der Waals surface area contributed by atoms with Crippen LogP contribution in [-0.2, 0) is 6.42 Å². The molecule has 11 nitrogen and oxygen atoms in total. The minimum absolute atomic E-state index is 0.279. The molecule has 11 heteroatoms. The third kappa shape index (κ3) is 3.16. The molecule has 0 spiro atoms. The molecule has 6 N–H and O–H groups in total. The first-order valence-electron chi connectivity index (χ1n) is 10.7. The molecule has 4 aromatic rings. The Kier molecular flexibility index (Phi) is 4.42. The molecule has 0 unspecified atom stereocenters. The number of nitrogen functional groups attached to an aromatic ring is 2. The molecule has 1 aliphatic heterocycles. The number of nitrogens with zero attached hydrogens (tertiary/aromatic N) is 6. The van der Waals surface area contributed by atoms with Crippen LogP contribution in [0, 0.1) is 0 Å². The molecule has 0 amide bonds. The second-order valence-corrected chi connectivity index (χ2v) is 8.48. The summed E-state index contributed by atoms with van der Waals surface area (Å²) < 4.78 is 5.93. The molecule has 3 aromatic heterocycles. The summed E-state index contributed by atoms with van der Waals surface area (Å²) in [4.78, 5) is 14.7. The predicted molar refractivity (Wildman–Crippen MR) is 120 cm³/mol. The first-order chi connectivity index (χ1) is 16.0. The summed E-state index contributed by atoms with van der Waals surface area (Å²) in [6.45, 7) is 0.641. The average Bonchev–Trinajstić information content (AvgIpc) is 3.53. The van der Waals surface area contributed by atoms with Crippen LogP contribution in [0.1, 0.15) is 23.8 Å². The van der Waals surface area contributed by atoms with Crippen molar-refractivity contribution in [2.24, 2.45) is 0 Å². The maximum atomic E-state index is 10.8. The lowest BCUT2D eigenvalue weighted by atomic mass is 10.1. The Bertz CT molecular complexity index is 1360. The lowest BCUT2D eigenvalue weighted by Crippen LogP contribution is -2.43. The zero-order valence-corrected chi connectivity index (χ0v) is 17.5. The van der Waals surface area contributed by atoms with Gasteiger partial charge in [0, 0.05) is 23.1 Å². The number of hydrogen-bond acceptors (Lipinski definition) is 11. The summed E-state index contributed by atoms with van der Waals surface area (Å²) in [5.41, 5.74) is 14.1. The topological polar surface area (TPSA) is 173 Å². The molecule has 1 saturated carbocycles. The lowest BCUT2D eigenvalue weighted by molar-refractivity contribution is 0.0242. The number of aliphatic hydroxyl groups excluding tert-OH is 2. The van der Waals surface area contributed by atoms with E-state index in [4.69, 9.17) is 15.9 Å². The molecule has 1 aliphatic carbocycles. The second-order valence-electron chi connectivity index (χ2n) is 8.48. The van der Waals surface area contributed by atoms with Crippen molar-refractivity contribution < 1.29 is 14.6 Å². The smallest absolute Gasteiger partial charge is 0.247 e. The van der Waals surface area contributed by atoms with Crippen molar-refractivity contribution in [3.63, 3.8) is 0 Å². The molecular formula is C22H22N8O3. The highest BCUT2D eigenvalue weighted by Gasteiger charge is 2.48. The fraction of sp³-hybridized carbons (Fsp3) is 0.318. The minimum Gasteiger partial charge on any atom is -0.420 e. The number of fused-ring (bicyclic) bond motifs is 2. The van der Waals surface area contributed by atoms with E-state index in [0.29, 0.717) is 48.3 Å². The summed E-state index contributed by atoms with van der Waals surface area (Å²) in [6, 6.07) is 8.89. The van der Waals surface area contributed by atoms with Crippen molar-refractivity contribution in [3.8, 4) is 11.5 Å². The van der Waals surface area contributed by atoms with Gasteiger partial charge in [0.1, 0.15) is 29.9 Å². The average molecular weight is 446 g/mol. The van der Waals surface area contributed by atoms with E-state index in [9.17, 15) is 10.2 Å². The van der Waals surface area contributed by atoms with Gasteiger partial charge in [0.15, 0.2) is 0 Å². The van der Waals surface area contributed by atoms with Crippen LogP contribution in [0.2, 0.25) is 0 Å². The summed E-state index contributed by atoms with van der Waals surface area (Å²) in [5, 5.41) is 30.9. The molecule has 4 heterocycles. The van der Waals surface area contributed by atoms with Gasteiger partial charge in [-0.05, 0) is 37.1 Å². The van der Waals surface area contributed by atoms with Gasteiger partial charge in [-0.3, -0.25) is 0 Å². The molecule has 0 bridgehead atoms. The Morgan fingerprint density at radius 3 is 2.76 bits per heavy atom. The fourth-order valence-corrected chi connectivity index (χ4v) is 4.89. The van der Waals surface area contributed by atoms with Gasteiger partial charge in [-0.25, -0.2) is 15.0 Å². The summed E-state index contributed by atoms with van der Waals surface area (Å²) in [5.74, 6) is 1.66. The van der Waals surface area contributed by atoms with E-state index in [1.807, 2.05) is 29.2 Å². The molecule has 0 radical (unpaired) electrons. The van der Waals surface area contributed by atoms with Gasteiger partial charge >= 0.3 is 0 Å². The van der Waals surface area contributed by atoms with Crippen LogP contribution in [0.3, 0.4) is 0 Å². The van der Waals surface area contributed by atoms with Crippen molar-refractivity contribution in [2.45, 2.75) is 37.0 Å². The third-order valence-corrected chi connectivity index (χ3v) is 6.60. The number of anilines is 3. The van der Waals surface area contributed by atoms with E-state index in [0.717, 1.165) is 16.5 Å². The van der Waals surface area contributed by atoms with Crippen LogP contribution in [0.4, 0.5) is 17.5 Å². The van der Waals surface area contributed by atoms with Gasteiger partial charge in [0.05, 0.1) is 23.6 Å². The molecule has 1 fully saturated rings. The van der Waals surface area contributed by atoms with Crippen LogP contribution >= 0.6 is 0 Å². The molecule has 2 aliphatic rings. The largest absolute Gasteiger partial charge is 0.420 e. The van der Waals surface area contributed by atoms with Crippen molar-refractivity contribution in [2.75, 3.05) is 22.9 Å². The van der Waals surface area contributed by atoms with E-state index in [-0.39, 0.29) is 11.9 Å². The van der Waals surface area contributed by atoms with Crippen LogP contribution < -0.4 is 16.4 Å². The summed E-state index contributed by atoms with van der Waals surface area (Å²) in [6.07, 6.45) is 0.489. The van der Waals surface area contributed by atoms with Crippen LogP contribution in [-0.4, -0.2) is 60.2 Å². The van der Waals surface area contributed by atoms with E-state index in [2.05, 4.69) is 25.1 Å². The predicted octanol–water partition coefficient (Wildman–Crippen LogP) is 0.880.